The van der Waals surface area contributed by atoms with Crippen LogP contribution < -0.4 is 0 Å². The van der Waals surface area contributed by atoms with E-state index in [4.69, 9.17) is 0 Å². The summed E-state index contributed by atoms with van der Waals surface area (Å²) >= 11 is 3.25. The lowest BCUT2D eigenvalue weighted by Crippen LogP contribution is -2.13. The number of unbranched alkanes of at least 4 members (excludes halogenated alkanes) is 4. The second-order valence-corrected chi connectivity index (χ2v) is 15.6. The zero-order chi connectivity index (χ0) is 35.3. The van der Waals surface area contributed by atoms with Gasteiger partial charge in [0.15, 0.2) is 11.6 Å². The van der Waals surface area contributed by atoms with Crippen molar-refractivity contribution in [2.24, 2.45) is 11.8 Å². The third-order valence-corrected chi connectivity index (χ3v) is 11.5. The minimum absolute atomic E-state index is 0.145. The molecule has 0 saturated heterocycles. The van der Waals surface area contributed by atoms with E-state index in [1.807, 2.05) is 24.3 Å². The quantitative estimate of drug-likeness (QED) is 0.147. The molecule has 2 fully saturated rings. The molecule has 2 saturated carbocycles. The SMILES string of the molecule is CCCCC[C@H]1CC[C@H](c2ccc(-c3ncc(Br)cc3F)cc2)CC1.CCCCC[C@H]1CC[C@H](c2ccc(-c3ncc(O)cc3F)cc2)CC1. The number of hydrogen-bond acceptors (Lipinski definition) is 3. The first-order valence-electron chi connectivity index (χ1n) is 19.2. The minimum atomic E-state index is -0.486. The summed E-state index contributed by atoms with van der Waals surface area (Å²) in [5, 5.41) is 9.29. The fraction of sp³-hybridized carbons (Fsp3) is 0.500. The molecule has 6 heteroatoms. The molecule has 0 atom stereocenters. The largest absolute Gasteiger partial charge is 0.506 e. The number of hydrogen-bond donors (Lipinski definition) is 1. The van der Waals surface area contributed by atoms with E-state index in [1.165, 1.54) is 126 Å². The summed E-state index contributed by atoms with van der Waals surface area (Å²) in [5.41, 5.74) is 5.08. The number of aromatic hydroxyl groups is 1. The van der Waals surface area contributed by atoms with Gasteiger partial charge >= 0.3 is 0 Å². The van der Waals surface area contributed by atoms with Gasteiger partial charge in [-0.1, -0.05) is 114 Å². The second kappa shape index (κ2) is 19.5. The standard InChI is InChI=1S/C22H27BrFN.C22H28FNO/c1-2-3-4-5-16-6-8-17(9-7-16)18-10-12-19(13-11-18)22-21(24)14-20(23)15-25-22;1-2-3-4-5-16-6-8-17(9-7-16)18-10-12-19(13-11-18)22-21(23)14-20(25)15-24-22/h10-17H,2-9H2,1H3;10-17,25H,2-9H2,1H3/t2*16-,17-. The van der Waals surface area contributed by atoms with Crippen LogP contribution in [0.4, 0.5) is 8.78 Å². The summed E-state index contributed by atoms with van der Waals surface area (Å²) in [4.78, 5) is 8.22. The van der Waals surface area contributed by atoms with Crippen LogP contribution >= 0.6 is 15.9 Å². The van der Waals surface area contributed by atoms with Crippen molar-refractivity contribution in [1.29, 1.82) is 0 Å². The van der Waals surface area contributed by atoms with Gasteiger partial charge in [-0.2, -0.15) is 0 Å². The van der Waals surface area contributed by atoms with E-state index in [0.717, 1.165) is 29.0 Å². The summed E-state index contributed by atoms with van der Waals surface area (Å²) in [6, 6.07) is 19.1. The van der Waals surface area contributed by atoms with Crippen LogP contribution in [0.5, 0.6) is 5.75 Å². The van der Waals surface area contributed by atoms with Crippen LogP contribution in [0.25, 0.3) is 22.5 Å². The molecule has 2 aromatic heterocycles. The summed E-state index contributed by atoms with van der Waals surface area (Å²) in [7, 11) is 0. The molecule has 0 spiro atoms. The number of benzene rings is 2. The first kappa shape index (κ1) is 38.1. The van der Waals surface area contributed by atoms with Gasteiger partial charge in [0.2, 0.25) is 0 Å². The number of nitrogens with zero attached hydrogens (tertiary/aromatic N) is 2. The Morgan fingerprint density at radius 3 is 1.42 bits per heavy atom. The Kier molecular flexibility index (Phi) is 14.8. The highest BCUT2D eigenvalue weighted by Gasteiger charge is 2.23. The lowest BCUT2D eigenvalue weighted by atomic mass is 9.77. The van der Waals surface area contributed by atoms with Crippen LogP contribution in [-0.2, 0) is 0 Å². The Labute approximate surface area is 307 Å². The van der Waals surface area contributed by atoms with Crippen molar-refractivity contribution in [2.45, 2.75) is 128 Å². The fourth-order valence-corrected chi connectivity index (χ4v) is 8.33. The number of aromatic nitrogens is 2. The Morgan fingerprint density at radius 1 is 0.600 bits per heavy atom. The zero-order valence-electron chi connectivity index (χ0n) is 30.0. The molecule has 2 heterocycles. The first-order chi connectivity index (χ1) is 24.3. The van der Waals surface area contributed by atoms with Crippen molar-refractivity contribution in [2.75, 3.05) is 0 Å². The first-order valence-corrected chi connectivity index (χ1v) is 20.0. The van der Waals surface area contributed by atoms with Gasteiger partial charge in [-0.15, -0.1) is 0 Å². The number of rotatable bonds is 12. The molecular weight excluding hydrogens is 690 g/mol. The average Bonchev–Trinajstić information content (AvgIpc) is 3.13. The van der Waals surface area contributed by atoms with E-state index >= 15 is 0 Å². The Morgan fingerprint density at radius 2 is 1.02 bits per heavy atom. The van der Waals surface area contributed by atoms with Crippen LogP contribution in [0.1, 0.15) is 140 Å². The van der Waals surface area contributed by atoms with Gasteiger partial charge in [0.05, 0.1) is 6.20 Å². The fourth-order valence-electron chi connectivity index (χ4n) is 8.03. The van der Waals surface area contributed by atoms with E-state index in [0.29, 0.717) is 27.7 Å². The number of halogens is 3. The van der Waals surface area contributed by atoms with Gasteiger partial charge in [-0.25, -0.2) is 13.8 Å². The molecule has 0 bridgehead atoms. The molecule has 0 aliphatic heterocycles. The van der Waals surface area contributed by atoms with Gasteiger partial charge in [-0.3, -0.25) is 4.98 Å². The molecule has 0 radical (unpaired) electrons. The van der Waals surface area contributed by atoms with Crippen LogP contribution in [0.3, 0.4) is 0 Å². The smallest absolute Gasteiger partial charge is 0.153 e. The highest BCUT2D eigenvalue weighted by Crippen LogP contribution is 2.40. The zero-order valence-corrected chi connectivity index (χ0v) is 31.6. The van der Waals surface area contributed by atoms with Crippen molar-refractivity contribution in [3.05, 3.63) is 100 Å². The predicted molar refractivity (Wildman–Crippen MR) is 206 cm³/mol. The van der Waals surface area contributed by atoms with Crippen LogP contribution in [0.2, 0.25) is 0 Å². The molecule has 2 aromatic carbocycles. The lowest BCUT2D eigenvalue weighted by Gasteiger charge is -2.29. The van der Waals surface area contributed by atoms with Crippen LogP contribution in [0.15, 0.2) is 77.5 Å². The molecule has 268 valence electrons. The molecule has 4 aromatic rings. The van der Waals surface area contributed by atoms with Gasteiger partial charge in [0, 0.05) is 27.9 Å². The maximum Gasteiger partial charge on any atom is 0.153 e. The Hall–Kier alpha value is -3.12. The van der Waals surface area contributed by atoms with Crippen molar-refractivity contribution >= 4 is 15.9 Å². The Balaban J connectivity index is 0.000000194. The molecule has 1 N–H and O–H groups in total. The van der Waals surface area contributed by atoms with E-state index in [9.17, 15) is 13.9 Å². The number of pyridine rings is 2. The minimum Gasteiger partial charge on any atom is -0.506 e. The maximum absolute atomic E-state index is 14.1. The van der Waals surface area contributed by atoms with Crippen LogP contribution in [0, 0.1) is 23.5 Å². The van der Waals surface area contributed by atoms with E-state index in [-0.39, 0.29) is 11.6 Å². The van der Waals surface area contributed by atoms with Crippen molar-refractivity contribution in [1.82, 2.24) is 9.97 Å². The van der Waals surface area contributed by atoms with Gasteiger partial charge in [0.1, 0.15) is 17.1 Å². The van der Waals surface area contributed by atoms with Gasteiger partial charge in [0.25, 0.3) is 0 Å². The third-order valence-electron chi connectivity index (χ3n) is 11.1. The summed E-state index contributed by atoms with van der Waals surface area (Å²) in [5.74, 6) is 2.23. The molecule has 0 amide bonds. The molecule has 0 unspecified atom stereocenters. The summed E-state index contributed by atoms with van der Waals surface area (Å²) < 4.78 is 28.7. The predicted octanol–water partition coefficient (Wildman–Crippen LogP) is 14.0. The lowest BCUT2D eigenvalue weighted by molar-refractivity contribution is 0.303. The molecule has 2 aliphatic carbocycles. The monoisotopic (exact) mass is 744 g/mol. The highest BCUT2D eigenvalue weighted by molar-refractivity contribution is 9.10. The molecule has 50 heavy (non-hydrogen) atoms. The normalized spacial score (nSPS) is 20.6. The van der Waals surface area contributed by atoms with Gasteiger partial charge in [-0.05, 0) is 108 Å². The molecule has 6 rings (SSSR count). The maximum atomic E-state index is 14.1. The second-order valence-electron chi connectivity index (χ2n) is 14.7. The van der Waals surface area contributed by atoms with E-state index < -0.39 is 5.82 Å². The van der Waals surface area contributed by atoms with E-state index in [2.05, 4.69) is 64.0 Å². The average molecular weight is 746 g/mol. The molecule has 3 nitrogen and oxygen atoms in total. The third kappa shape index (κ3) is 10.9. The van der Waals surface area contributed by atoms with Crippen molar-refractivity contribution in [3.63, 3.8) is 0 Å². The summed E-state index contributed by atoms with van der Waals surface area (Å²) in [6.45, 7) is 4.54. The van der Waals surface area contributed by atoms with Crippen LogP contribution in [-0.4, -0.2) is 15.1 Å². The van der Waals surface area contributed by atoms with Crippen molar-refractivity contribution < 1.29 is 13.9 Å². The molecular formula is C44H55BrF2N2O. The van der Waals surface area contributed by atoms with E-state index in [1.54, 1.807) is 6.20 Å². The Bertz CT molecular complexity index is 1470. The van der Waals surface area contributed by atoms with Gasteiger partial charge < -0.3 is 5.11 Å². The summed E-state index contributed by atoms with van der Waals surface area (Å²) in [6.07, 6.45) is 24.4. The molecule has 2 aliphatic rings. The van der Waals surface area contributed by atoms with Crippen molar-refractivity contribution in [3.8, 4) is 28.3 Å². The topological polar surface area (TPSA) is 46.0 Å². The highest BCUT2D eigenvalue weighted by atomic mass is 79.9.